The first-order chi connectivity index (χ1) is 2.27. The summed E-state index contributed by atoms with van der Waals surface area (Å²) in [5, 5.41) is 0. The quantitative estimate of drug-likeness (QED) is 0.405. The highest BCUT2D eigenvalue weighted by atomic mass is 13.7. The molecule has 0 fully saturated rings. The molecule has 0 aromatic carbocycles. The molecule has 0 aromatic heterocycles. The Kier molecular flexibility index (Phi) is 1.58. The fourth-order valence-electron chi connectivity index (χ4n) is 0. The number of allylic oxidation sites excluding steroid dienone is 2. The molecule has 0 heteroatoms. The van der Waals surface area contributed by atoms with Gasteiger partial charge in [-0.25, -0.2) is 0 Å². The van der Waals surface area contributed by atoms with Crippen LogP contribution in [0.4, 0.5) is 0 Å². The largest absolute Gasteiger partial charge is 0.0620 e. The van der Waals surface area contributed by atoms with Crippen LogP contribution in [-0.4, -0.2) is 0 Å². The van der Waals surface area contributed by atoms with E-state index in [0.29, 0.717) is 5.57 Å². The molecule has 26 valence electrons. The van der Waals surface area contributed by atoms with E-state index >= 15 is 0 Å². The van der Waals surface area contributed by atoms with Crippen LogP contribution in [0.3, 0.4) is 0 Å². The van der Waals surface area contributed by atoms with Gasteiger partial charge in [0.15, 0.2) is 0 Å². The molecule has 0 aliphatic carbocycles. The standard InChI is InChI=1S/C5H6/c1-4-5(2)3/h1-2,4H,3H3. The van der Waals surface area contributed by atoms with Crippen LogP contribution in [0, 0.1) is 13.2 Å². The first-order valence-electron chi connectivity index (χ1n) is 1.41. The first kappa shape index (κ1) is 4.48. The molecule has 0 unspecified atom stereocenters. The second kappa shape index (κ2) is 1.77. The molecular weight excluding hydrogens is 60.1 g/mol. The Morgan fingerprint density at radius 3 is 2.00 bits per heavy atom. The highest BCUT2D eigenvalue weighted by Crippen LogP contribution is 1.80. The van der Waals surface area contributed by atoms with Gasteiger partial charge in [-0.2, -0.15) is 0 Å². The molecule has 0 rings (SSSR count). The molecule has 0 aliphatic heterocycles. The molecule has 5 heavy (non-hydrogen) atoms. The summed E-state index contributed by atoms with van der Waals surface area (Å²) in [6, 6.07) is 0. The number of rotatable bonds is 1. The minimum atomic E-state index is 0.657. The number of hydrogen-bond donors (Lipinski definition) is 0. The van der Waals surface area contributed by atoms with Crippen molar-refractivity contribution in [2.24, 2.45) is 0 Å². The van der Waals surface area contributed by atoms with Gasteiger partial charge in [0.05, 0.1) is 0 Å². The Balaban J connectivity index is 3.20. The average Bonchev–Trinajstić information content (AvgIpc) is 1.38. The van der Waals surface area contributed by atoms with Crippen molar-refractivity contribution < 1.29 is 0 Å². The van der Waals surface area contributed by atoms with E-state index < -0.39 is 0 Å². The summed E-state index contributed by atoms with van der Waals surface area (Å²) in [7, 11) is 0. The lowest BCUT2D eigenvalue weighted by molar-refractivity contribution is 1.56. The van der Waals surface area contributed by atoms with Crippen molar-refractivity contribution in [2.45, 2.75) is 6.92 Å². The summed E-state index contributed by atoms with van der Waals surface area (Å²) >= 11 is 0. The normalized spacial score (nSPS) is 6.60. The van der Waals surface area contributed by atoms with Gasteiger partial charge in [0.1, 0.15) is 0 Å². The second-order valence-electron chi connectivity index (χ2n) is 0.911. The van der Waals surface area contributed by atoms with Crippen LogP contribution in [0.15, 0.2) is 11.6 Å². The predicted octanol–water partition coefficient (Wildman–Crippen LogP) is 1.35. The molecule has 0 nitrogen and oxygen atoms in total. The Hall–Kier alpha value is -0.520. The number of hydrogen-bond acceptors (Lipinski definition) is 0. The second-order valence-corrected chi connectivity index (χ2v) is 0.911. The monoisotopic (exact) mass is 66.0 g/mol. The van der Waals surface area contributed by atoms with Crippen LogP contribution in [0.5, 0.6) is 0 Å². The van der Waals surface area contributed by atoms with Gasteiger partial charge in [0.25, 0.3) is 0 Å². The summed E-state index contributed by atoms with van der Waals surface area (Å²) in [4.78, 5) is 0. The van der Waals surface area contributed by atoms with E-state index in [1.165, 1.54) is 6.08 Å². The third kappa shape index (κ3) is 3.48. The van der Waals surface area contributed by atoms with Gasteiger partial charge in [0, 0.05) is 0 Å². The lowest BCUT2D eigenvalue weighted by Crippen LogP contribution is -1.51. The van der Waals surface area contributed by atoms with E-state index in [0.717, 1.165) is 0 Å². The maximum Gasteiger partial charge on any atom is -0.0398 e. The van der Waals surface area contributed by atoms with Crippen LogP contribution < -0.4 is 0 Å². The van der Waals surface area contributed by atoms with Crippen molar-refractivity contribution >= 4 is 0 Å². The average molecular weight is 66.1 g/mol. The third-order valence-corrected chi connectivity index (χ3v) is 0.263. The van der Waals surface area contributed by atoms with Crippen LogP contribution in [0.25, 0.3) is 0 Å². The van der Waals surface area contributed by atoms with E-state index in [4.69, 9.17) is 13.2 Å². The van der Waals surface area contributed by atoms with Crippen molar-refractivity contribution in [3.63, 3.8) is 0 Å². The summed E-state index contributed by atoms with van der Waals surface area (Å²) in [5.74, 6) is 0. The molecule has 0 atom stereocenters. The van der Waals surface area contributed by atoms with Crippen molar-refractivity contribution in [1.29, 1.82) is 0 Å². The van der Waals surface area contributed by atoms with Gasteiger partial charge in [-0.3, -0.25) is 0 Å². The van der Waals surface area contributed by atoms with Gasteiger partial charge in [-0.15, -0.1) is 0 Å². The van der Waals surface area contributed by atoms with Crippen molar-refractivity contribution in [2.75, 3.05) is 0 Å². The minimum Gasteiger partial charge on any atom is -0.0620 e. The lowest BCUT2D eigenvalue weighted by Gasteiger charge is -1.70. The van der Waals surface area contributed by atoms with Crippen LogP contribution in [0.1, 0.15) is 6.92 Å². The van der Waals surface area contributed by atoms with Gasteiger partial charge in [-0.1, -0.05) is 24.8 Å². The molecule has 0 heterocycles. The molecule has 0 aliphatic rings. The molecule has 0 N–H and O–H groups in total. The van der Waals surface area contributed by atoms with Gasteiger partial charge in [0.2, 0.25) is 0 Å². The van der Waals surface area contributed by atoms with E-state index in [1.807, 2.05) is 0 Å². The van der Waals surface area contributed by atoms with Crippen molar-refractivity contribution in [3.05, 3.63) is 24.8 Å². The van der Waals surface area contributed by atoms with Crippen LogP contribution >= 0.6 is 0 Å². The van der Waals surface area contributed by atoms with E-state index in [-0.39, 0.29) is 0 Å². The van der Waals surface area contributed by atoms with E-state index in [2.05, 4.69) is 0 Å². The molecule has 0 amide bonds. The molecular formula is C5H6. The third-order valence-electron chi connectivity index (χ3n) is 0.263. The zero-order valence-electron chi connectivity index (χ0n) is 3.23. The summed E-state index contributed by atoms with van der Waals surface area (Å²) in [5.41, 5.74) is 0.657. The van der Waals surface area contributed by atoms with Crippen LogP contribution in [0.2, 0.25) is 0 Å². The van der Waals surface area contributed by atoms with E-state index in [1.54, 1.807) is 6.92 Å². The van der Waals surface area contributed by atoms with Gasteiger partial charge >= 0.3 is 0 Å². The van der Waals surface area contributed by atoms with Crippen molar-refractivity contribution in [1.82, 2.24) is 0 Å². The molecule has 0 spiro atoms. The molecule has 2 radical (unpaired) electrons. The Morgan fingerprint density at radius 1 is 1.80 bits per heavy atom. The van der Waals surface area contributed by atoms with E-state index in [9.17, 15) is 0 Å². The first-order valence-corrected chi connectivity index (χ1v) is 1.41. The maximum atomic E-state index is 5.03. The maximum absolute atomic E-state index is 5.03. The SMILES string of the molecule is [CH]=CC(=[CH])C. The predicted molar refractivity (Wildman–Crippen MR) is 22.4 cm³/mol. The minimum absolute atomic E-state index is 0.657. The summed E-state index contributed by atoms with van der Waals surface area (Å²) in [6.07, 6.45) is 1.36. The highest BCUT2D eigenvalue weighted by molar-refractivity contribution is 5.02. The zero-order chi connectivity index (χ0) is 4.28. The summed E-state index contributed by atoms with van der Waals surface area (Å²) in [6.45, 7) is 11.6. The fraction of sp³-hybridized carbons (Fsp3) is 0.200. The molecule has 0 bridgehead atoms. The lowest BCUT2D eigenvalue weighted by atomic mass is 10.4. The Labute approximate surface area is 32.8 Å². The fourth-order valence-corrected chi connectivity index (χ4v) is 0. The Bertz CT molecular complexity index is 51.1. The zero-order valence-corrected chi connectivity index (χ0v) is 3.23. The molecule has 0 saturated heterocycles. The molecule has 0 aromatic rings. The highest BCUT2D eigenvalue weighted by Gasteiger charge is 1.60. The topological polar surface area (TPSA) is 0 Å². The molecule has 0 saturated carbocycles. The Morgan fingerprint density at radius 2 is 2.00 bits per heavy atom. The van der Waals surface area contributed by atoms with Crippen molar-refractivity contribution in [3.8, 4) is 0 Å². The summed E-state index contributed by atoms with van der Waals surface area (Å²) < 4.78 is 0. The van der Waals surface area contributed by atoms with Gasteiger partial charge in [-0.05, 0) is 6.92 Å². The van der Waals surface area contributed by atoms with Crippen LogP contribution in [-0.2, 0) is 0 Å². The van der Waals surface area contributed by atoms with Gasteiger partial charge < -0.3 is 0 Å². The smallest absolute Gasteiger partial charge is 0.0398 e.